The van der Waals surface area contributed by atoms with E-state index in [0.717, 1.165) is 11.0 Å². The van der Waals surface area contributed by atoms with Gasteiger partial charge in [-0.2, -0.15) is 5.10 Å². The first-order valence-electron chi connectivity index (χ1n) is 7.86. The Bertz CT molecular complexity index is 906. The molecule has 0 spiro atoms. The fourth-order valence-corrected chi connectivity index (χ4v) is 3.24. The summed E-state index contributed by atoms with van der Waals surface area (Å²) in [5.41, 5.74) is -3.06. The Balaban J connectivity index is 1.98. The van der Waals surface area contributed by atoms with Crippen LogP contribution in [0.3, 0.4) is 0 Å². The van der Waals surface area contributed by atoms with Gasteiger partial charge < -0.3 is 31.3 Å². The molecule has 28 heavy (non-hydrogen) atoms. The third kappa shape index (κ3) is 2.53. The van der Waals surface area contributed by atoms with Crippen molar-refractivity contribution < 1.29 is 30.3 Å². The average Bonchev–Trinajstić information content (AvgIpc) is 3.08. The average molecular weight is 381 g/mol. The first-order chi connectivity index (χ1) is 12.8. The van der Waals surface area contributed by atoms with E-state index in [-0.39, 0.29) is 17.1 Å². The maximum atomic E-state index is 11.2. The minimum atomic E-state index is -3.55. The van der Waals surface area contributed by atoms with Crippen molar-refractivity contribution in [1.82, 2.24) is 19.7 Å². The zero-order valence-electron chi connectivity index (χ0n) is 14.3. The molecule has 3 rings (SSSR count). The molecule has 14 heteroatoms. The molecule has 0 bridgehead atoms. The standard InChI is InChI=1S/C14H14B3N5O6/c15-11(24)8(12(16,25)14(27,28)13(11,17)26)3-22-2-6(1-21-22)9-7(4-23)10(18)20-5-19-9/h1-2,4-5,8,24-28H,3H2,(H2,18,19,20). The molecule has 140 valence electrons. The summed E-state index contributed by atoms with van der Waals surface area (Å²) in [6.45, 7) is -0.501. The van der Waals surface area contributed by atoms with E-state index in [9.17, 15) is 30.3 Å². The van der Waals surface area contributed by atoms with E-state index in [1.807, 2.05) is 0 Å². The van der Waals surface area contributed by atoms with Gasteiger partial charge in [-0.3, -0.25) is 9.48 Å². The van der Waals surface area contributed by atoms with Crippen LogP contribution in [0.5, 0.6) is 0 Å². The molecule has 0 amide bonds. The summed E-state index contributed by atoms with van der Waals surface area (Å²) in [6, 6.07) is 0. The van der Waals surface area contributed by atoms with Crippen LogP contribution in [0.1, 0.15) is 10.4 Å². The summed E-state index contributed by atoms with van der Waals surface area (Å²) in [5, 5.41) is 54.7. The van der Waals surface area contributed by atoms with Crippen LogP contribution in [0.4, 0.5) is 5.82 Å². The normalized spacial score (nSPS) is 34.4. The molecule has 7 N–H and O–H groups in total. The van der Waals surface area contributed by atoms with Crippen LogP contribution in [-0.4, -0.2) is 97.4 Å². The molecule has 2 aromatic rings. The van der Waals surface area contributed by atoms with Gasteiger partial charge in [0.05, 0.1) is 34.0 Å². The predicted molar refractivity (Wildman–Crippen MR) is 95.8 cm³/mol. The van der Waals surface area contributed by atoms with Gasteiger partial charge in [0.25, 0.3) is 0 Å². The molecule has 1 saturated carbocycles. The van der Waals surface area contributed by atoms with Crippen molar-refractivity contribution in [2.75, 3.05) is 5.73 Å². The van der Waals surface area contributed by atoms with Crippen molar-refractivity contribution in [3.63, 3.8) is 0 Å². The molecular formula is C14H14B3N5O6. The number of nitrogen functional groups attached to an aromatic ring is 1. The largest absolute Gasteiger partial charge is 0.397 e. The van der Waals surface area contributed by atoms with E-state index in [0.29, 0.717) is 11.8 Å². The Morgan fingerprint density at radius 1 is 1.14 bits per heavy atom. The van der Waals surface area contributed by atoms with Crippen molar-refractivity contribution in [2.24, 2.45) is 5.92 Å². The van der Waals surface area contributed by atoms with E-state index >= 15 is 0 Å². The summed E-state index contributed by atoms with van der Waals surface area (Å²) in [7, 11) is 16.5. The first-order valence-corrected chi connectivity index (χ1v) is 7.86. The van der Waals surface area contributed by atoms with Crippen LogP contribution in [-0.2, 0) is 6.54 Å². The highest BCUT2D eigenvalue weighted by molar-refractivity contribution is 6.29. The van der Waals surface area contributed by atoms with Crippen LogP contribution in [0, 0.1) is 5.92 Å². The minimum Gasteiger partial charge on any atom is -0.397 e. The van der Waals surface area contributed by atoms with Gasteiger partial charge in [-0.05, 0) is 0 Å². The number of nitrogens with zero attached hydrogens (tertiary/aromatic N) is 4. The van der Waals surface area contributed by atoms with Gasteiger partial charge in [0.2, 0.25) is 5.79 Å². The van der Waals surface area contributed by atoms with E-state index in [1.54, 1.807) is 0 Å². The Morgan fingerprint density at radius 2 is 1.79 bits per heavy atom. The number of anilines is 1. The molecule has 4 unspecified atom stereocenters. The number of aromatic nitrogens is 4. The van der Waals surface area contributed by atoms with Gasteiger partial charge in [-0.25, -0.2) is 9.97 Å². The molecule has 2 aromatic heterocycles. The fourth-order valence-electron chi connectivity index (χ4n) is 3.24. The third-order valence-corrected chi connectivity index (χ3v) is 5.07. The van der Waals surface area contributed by atoms with Crippen molar-refractivity contribution >= 4 is 35.6 Å². The topological polar surface area (TPSA) is 188 Å². The lowest BCUT2D eigenvalue weighted by Crippen LogP contribution is -2.67. The van der Waals surface area contributed by atoms with E-state index in [2.05, 4.69) is 15.1 Å². The smallest absolute Gasteiger partial charge is 0.206 e. The molecule has 4 atom stereocenters. The van der Waals surface area contributed by atoms with Crippen LogP contribution < -0.4 is 5.73 Å². The number of hydrogen-bond donors (Lipinski definition) is 6. The number of rotatable bonds is 4. The lowest BCUT2D eigenvalue weighted by molar-refractivity contribution is -0.289. The molecule has 6 radical (unpaired) electrons. The van der Waals surface area contributed by atoms with Gasteiger partial charge in [-0.15, -0.1) is 0 Å². The molecule has 0 aromatic carbocycles. The van der Waals surface area contributed by atoms with E-state index < -0.39 is 34.8 Å². The molecule has 2 heterocycles. The van der Waals surface area contributed by atoms with Crippen LogP contribution in [0.15, 0.2) is 18.7 Å². The number of aldehydes is 1. The van der Waals surface area contributed by atoms with Gasteiger partial charge in [0.1, 0.15) is 35.7 Å². The van der Waals surface area contributed by atoms with Crippen molar-refractivity contribution in [2.45, 2.75) is 28.8 Å². The molecular weight excluding hydrogens is 367 g/mol. The summed E-state index contributed by atoms with van der Waals surface area (Å²) >= 11 is 0. The number of carbonyl (C=O) groups is 1. The third-order valence-electron chi connectivity index (χ3n) is 5.07. The molecule has 1 fully saturated rings. The highest BCUT2D eigenvalue weighted by atomic mass is 16.6. The quantitative estimate of drug-likeness (QED) is 0.172. The zero-order valence-corrected chi connectivity index (χ0v) is 14.3. The van der Waals surface area contributed by atoms with Crippen LogP contribution in [0.25, 0.3) is 11.3 Å². The second kappa shape index (κ2) is 6.13. The van der Waals surface area contributed by atoms with Gasteiger partial charge >= 0.3 is 0 Å². The summed E-state index contributed by atoms with van der Waals surface area (Å²) in [6.07, 6.45) is 4.24. The minimum absolute atomic E-state index is 0.0228. The molecule has 1 aliphatic carbocycles. The molecule has 0 aliphatic heterocycles. The maximum Gasteiger partial charge on any atom is 0.206 e. The van der Waals surface area contributed by atoms with Crippen LogP contribution >= 0.6 is 0 Å². The lowest BCUT2D eigenvalue weighted by atomic mass is 9.57. The second-order valence-electron chi connectivity index (χ2n) is 6.73. The molecule has 1 aliphatic rings. The van der Waals surface area contributed by atoms with Gasteiger partial charge in [0.15, 0.2) is 6.29 Å². The Labute approximate surface area is 162 Å². The SMILES string of the molecule is [B]C1(O)C(Cn2cc(-c3ncnc(N)c3C=O)cn2)C([B])(O)C(O)(O)C1([B])O. The van der Waals surface area contributed by atoms with Crippen LogP contribution in [0.2, 0.25) is 0 Å². The number of aliphatic hydroxyl groups is 5. The van der Waals surface area contributed by atoms with Crippen molar-refractivity contribution in [1.29, 1.82) is 0 Å². The summed E-state index contributed by atoms with van der Waals surface area (Å²) < 4.78 is 1.11. The highest BCUT2D eigenvalue weighted by Crippen LogP contribution is 2.51. The first kappa shape index (κ1) is 20.5. The maximum absolute atomic E-state index is 11.2. The van der Waals surface area contributed by atoms with E-state index in [4.69, 9.17) is 29.3 Å². The van der Waals surface area contributed by atoms with Crippen molar-refractivity contribution in [3.05, 3.63) is 24.3 Å². The Hall–Kier alpha value is -2.25. The van der Waals surface area contributed by atoms with E-state index in [1.165, 1.54) is 12.4 Å². The van der Waals surface area contributed by atoms with Gasteiger partial charge in [-0.1, -0.05) is 0 Å². The summed E-state index contributed by atoms with van der Waals surface area (Å²) in [4.78, 5) is 18.9. The lowest BCUT2D eigenvalue weighted by Gasteiger charge is -2.41. The second-order valence-corrected chi connectivity index (χ2v) is 6.73. The number of nitrogens with two attached hydrogens (primary N) is 1. The Morgan fingerprint density at radius 3 is 2.32 bits per heavy atom. The monoisotopic (exact) mass is 381 g/mol. The number of hydrogen-bond acceptors (Lipinski definition) is 10. The fraction of sp³-hybridized carbons (Fsp3) is 0.429. The Kier molecular flexibility index (Phi) is 4.48. The van der Waals surface area contributed by atoms with Crippen molar-refractivity contribution in [3.8, 4) is 11.3 Å². The number of carbonyl (C=O) groups excluding carboxylic acids is 1. The summed E-state index contributed by atoms with van der Waals surface area (Å²) in [5.74, 6) is -5.37. The highest BCUT2D eigenvalue weighted by Gasteiger charge is 2.75. The molecule has 11 nitrogen and oxygen atoms in total. The zero-order chi connectivity index (χ0) is 21.1. The molecule has 0 saturated heterocycles. The predicted octanol–water partition coefficient (Wildman–Crippen LogP) is -4.38. The van der Waals surface area contributed by atoms with Gasteiger partial charge in [0, 0.05) is 24.2 Å².